The molecule has 0 unspecified atom stereocenters. The summed E-state index contributed by atoms with van der Waals surface area (Å²) in [6.45, 7) is 0. The summed E-state index contributed by atoms with van der Waals surface area (Å²) in [7, 11) is 0. The van der Waals surface area contributed by atoms with E-state index in [-0.39, 0.29) is 12.4 Å². The van der Waals surface area contributed by atoms with Crippen LogP contribution in [0.2, 0.25) is 0 Å². The number of halogens is 1. The minimum atomic E-state index is -0.677. The molecule has 4 N–H and O–H groups in total. The van der Waals surface area contributed by atoms with Crippen LogP contribution < -0.4 is 11.5 Å². The molecule has 0 aromatic heterocycles. The number of carbonyl (C=O) groups excluding carboxylic acids is 2. The highest BCUT2D eigenvalue weighted by Crippen LogP contribution is 1.65. The smallest absolute Gasteiger partial charge is 0.241 e. The van der Waals surface area contributed by atoms with Gasteiger partial charge in [-0.25, -0.2) is 0 Å². The third-order valence-electron chi connectivity index (χ3n) is 0.412. The minimum absolute atomic E-state index is 0. The molecule has 0 aliphatic carbocycles. The normalized spacial score (nSPS) is 8.44. The predicted molar refractivity (Wildman–Crippen MR) is 34.8 cm³/mol. The highest BCUT2D eigenvalue weighted by Gasteiger charge is 1.83. The molecule has 0 bridgehead atoms. The molecule has 0 heterocycles. The summed E-state index contributed by atoms with van der Waals surface area (Å²) in [6, 6.07) is 0. The van der Waals surface area contributed by atoms with Crippen molar-refractivity contribution in [1.82, 2.24) is 0 Å². The second-order valence-corrected chi connectivity index (χ2v) is 1.14. The number of carbonyl (C=O) groups is 2. The fourth-order valence-corrected chi connectivity index (χ4v) is 0.164. The van der Waals surface area contributed by atoms with Crippen molar-refractivity contribution in [2.45, 2.75) is 0 Å². The van der Waals surface area contributed by atoms with Gasteiger partial charge in [-0.15, -0.1) is 12.4 Å². The number of primary amides is 2. The Hall–Kier alpha value is -1.03. The Labute approximate surface area is 58.3 Å². The van der Waals surface area contributed by atoms with Crippen LogP contribution in [0.15, 0.2) is 12.2 Å². The van der Waals surface area contributed by atoms with E-state index >= 15 is 0 Å². The van der Waals surface area contributed by atoms with Gasteiger partial charge >= 0.3 is 0 Å². The number of hydrogen-bond donors (Lipinski definition) is 2. The van der Waals surface area contributed by atoms with E-state index in [0.29, 0.717) is 0 Å². The summed E-state index contributed by atoms with van der Waals surface area (Å²) in [4.78, 5) is 19.7. The first-order valence-corrected chi connectivity index (χ1v) is 1.90. The van der Waals surface area contributed by atoms with Crippen LogP contribution in [0.5, 0.6) is 0 Å². The summed E-state index contributed by atoms with van der Waals surface area (Å²) in [5.74, 6) is -1.35. The van der Waals surface area contributed by atoms with Crippen LogP contribution in [-0.4, -0.2) is 11.8 Å². The number of nitrogens with two attached hydrogens (primary N) is 2. The lowest BCUT2D eigenvalue weighted by Crippen LogP contribution is -2.10. The molecule has 0 aliphatic heterocycles. The SMILES string of the molecule is Cl.NC(=O)C=CC(N)=O. The first-order chi connectivity index (χ1) is 3.63. The molecule has 4 nitrogen and oxygen atoms in total. The second-order valence-electron chi connectivity index (χ2n) is 1.14. The van der Waals surface area contributed by atoms with Crippen LogP contribution in [0.3, 0.4) is 0 Å². The molecule has 0 aromatic carbocycles. The minimum Gasteiger partial charge on any atom is -0.366 e. The summed E-state index contributed by atoms with van der Waals surface area (Å²) in [6.07, 6.45) is 1.81. The maximum Gasteiger partial charge on any atom is 0.241 e. The summed E-state index contributed by atoms with van der Waals surface area (Å²) in [5, 5.41) is 0. The van der Waals surface area contributed by atoms with Crippen molar-refractivity contribution in [2.24, 2.45) is 11.5 Å². The molecule has 0 rings (SSSR count). The Morgan fingerprint density at radius 1 is 1.00 bits per heavy atom. The van der Waals surface area contributed by atoms with Crippen LogP contribution in [-0.2, 0) is 9.59 Å². The average Bonchev–Trinajstić information content (AvgIpc) is 1.61. The molecular weight excluding hydrogens is 144 g/mol. The molecule has 0 spiro atoms. The van der Waals surface area contributed by atoms with Crippen LogP contribution >= 0.6 is 12.4 Å². The Bertz CT molecular complexity index is 128. The zero-order valence-electron chi connectivity index (χ0n) is 4.53. The molecule has 0 saturated heterocycles. The summed E-state index contributed by atoms with van der Waals surface area (Å²) in [5.41, 5.74) is 9.21. The van der Waals surface area contributed by atoms with Crippen molar-refractivity contribution in [3.8, 4) is 0 Å². The maximum absolute atomic E-state index is 9.83. The van der Waals surface area contributed by atoms with Gasteiger partial charge in [-0.3, -0.25) is 9.59 Å². The highest BCUT2D eigenvalue weighted by molar-refractivity contribution is 5.95. The topological polar surface area (TPSA) is 86.2 Å². The molecule has 0 radical (unpaired) electrons. The molecule has 0 atom stereocenters. The predicted octanol–water partition coefficient (Wildman–Crippen LogP) is -1.06. The van der Waals surface area contributed by atoms with Crippen LogP contribution in [0.25, 0.3) is 0 Å². The maximum atomic E-state index is 9.83. The first kappa shape index (κ1) is 10.9. The number of rotatable bonds is 2. The monoisotopic (exact) mass is 150 g/mol. The first-order valence-electron chi connectivity index (χ1n) is 1.90. The van der Waals surface area contributed by atoms with Crippen LogP contribution in [0, 0.1) is 0 Å². The Balaban J connectivity index is 0. The van der Waals surface area contributed by atoms with E-state index in [1.165, 1.54) is 0 Å². The van der Waals surface area contributed by atoms with E-state index in [2.05, 4.69) is 11.5 Å². The molecule has 9 heavy (non-hydrogen) atoms. The molecule has 0 fully saturated rings. The van der Waals surface area contributed by atoms with Crippen LogP contribution in [0.1, 0.15) is 0 Å². The van der Waals surface area contributed by atoms with Crippen molar-refractivity contribution < 1.29 is 9.59 Å². The molecule has 2 amide bonds. The van der Waals surface area contributed by atoms with Crippen molar-refractivity contribution >= 4 is 24.2 Å². The quantitative estimate of drug-likeness (QED) is 0.492. The molecule has 0 aliphatic rings. The van der Waals surface area contributed by atoms with Crippen molar-refractivity contribution in [3.63, 3.8) is 0 Å². The second kappa shape index (κ2) is 5.11. The van der Waals surface area contributed by atoms with Gasteiger partial charge in [-0.2, -0.15) is 0 Å². The summed E-state index contributed by atoms with van der Waals surface area (Å²) < 4.78 is 0. The third-order valence-corrected chi connectivity index (χ3v) is 0.412. The summed E-state index contributed by atoms with van der Waals surface area (Å²) >= 11 is 0. The van der Waals surface area contributed by atoms with E-state index in [4.69, 9.17) is 0 Å². The van der Waals surface area contributed by atoms with Crippen molar-refractivity contribution in [2.75, 3.05) is 0 Å². The van der Waals surface area contributed by atoms with Gasteiger partial charge in [0.2, 0.25) is 11.8 Å². The van der Waals surface area contributed by atoms with E-state index in [1.807, 2.05) is 0 Å². The average molecular weight is 151 g/mol. The van der Waals surface area contributed by atoms with E-state index in [0.717, 1.165) is 12.2 Å². The van der Waals surface area contributed by atoms with Crippen molar-refractivity contribution in [1.29, 1.82) is 0 Å². The fraction of sp³-hybridized carbons (Fsp3) is 0. The van der Waals surface area contributed by atoms with Crippen molar-refractivity contribution in [3.05, 3.63) is 12.2 Å². The van der Waals surface area contributed by atoms with Gasteiger partial charge in [0.25, 0.3) is 0 Å². The van der Waals surface area contributed by atoms with E-state index < -0.39 is 11.8 Å². The molecule has 0 aromatic rings. The van der Waals surface area contributed by atoms with Crippen LogP contribution in [0.4, 0.5) is 0 Å². The van der Waals surface area contributed by atoms with Gasteiger partial charge in [-0.1, -0.05) is 0 Å². The Morgan fingerprint density at radius 2 is 1.22 bits per heavy atom. The van der Waals surface area contributed by atoms with Gasteiger partial charge < -0.3 is 11.5 Å². The third kappa shape index (κ3) is 10.9. The van der Waals surface area contributed by atoms with Gasteiger partial charge in [0.1, 0.15) is 0 Å². The molecule has 5 heteroatoms. The van der Waals surface area contributed by atoms with Gasteiger partial charge in [0.15, 0.2) is 0 Å². The lowest BCUT2D eigenvalue weighted by molar-refractivity contribution is -0.115. The lowest BCUT2D eigenvalue weighted by Gasteiger charge is -1.76. The molecular formula is C4H7ClN2O2. The van der Waals surface area contributed by atoms with Gasteiger partial charge in [-0.05, 0) is 0 Å². The van der Waals surface area contributed by atoms with Gasteiger partial charge in [0, 0.05) is 12.2 Å². The standard InChI is InChI=1S/C4H6N2O2.ClH/c5-3(7)1-2-4(6)8;/h1-2H,(H2,5,7)(H2,6,8);1H. The molecule has 52 valence electrons. The zero-order chi connectivity index (χ0) is 6.57. The zero-order valence-corrected chi connectivity index (χ0v) is 5.35. The molecule has 0 saturated carbocycles. The van der Waals surface area contributed by atoms with E-state index in [1.54, 1.807) is 0 Å². The fourth-order valence-electron chi connectivity index (χ4n) is 0.164. The number of amides is 2. The van der Waals surface area contributed by atoms with Gasteiger partial charge in [0.05, 0.1) is 0 Å². The highest BCUT2D eigenvalue weighted by atomic mass is 35.5. The Morgan fingerprint density at radius 3 is 1.33 bits per heavy atom. The number of hydrogen-bond acceptors (Lipinski definition) is 2. The largest absolute Gasteiger partial charge is 0.366 e. The van der Waals surface area contributed by atoms with E-state index in [9.17, 15) is 9.59 Å². The Kier molecular flexibility index (Phi) is 6.17. The lowest BCUT2D eigenvalue weighted by atomic mass is 10.5.